The number of morpholine rings is 1. The minimum absolute atomic E-state index is 0.0512. The summed E-state index contributed by atoms with van der Waals surface area (Å²) in [6, 6.07) is 0. The van der Waals surface area contributed by atoms with Crippen LogP contribution in [0, 0.1) is 0 Å². The molecule has 0 bridgehead atoms. The summed E-state index contributed by atoms with van der Waals surface area (Å²) in [7, 11) is 0. The van der Waals surface area contributed by atoms with Crippen LogP contribution < -0.4 is 11.1 Å². The van der Waals surface area contributed by atoms with Crippen molar-refractivity contribution >= 4 is 5.91 Å². The molecule has 0 saturated carbocycles. The number of primary amides is 1. The van der Waals surface area contributed by atoms with Crippen molar-refractivity contribution in [1.82, 2.24) is 10.2 Å². The van der Waals surface area contributed by atoms with E-state index in [1.54, 1.807) is 0 Å². The van der Waals surface area contributed by atoms with Crippen molar-refractivity contribution in [3.63, 3.8) is 0 Å². The molecule has 1 fully saturated rings. The Balaban J connectivity index is 2.75. The van der Waals surface area contributed by atoms with Gasteiger partial charge in [0, 0.05) is 18.6 Å². The van der Waals surface area contributed by atoms with Gasteiger partial charge >= 0.3 is 0 Å². The molecule has 17 heavy (non-hydrogen) atoms. The van der Waals surface area contributed by atoms with Gasteiger partial charge in [-0.25, -0.2) is 0 Å². The summed E-state index contributed by atoms with van der Waals surface area (Å²) in [5.74, 6) is -0.304. The van der Waals surface area contributed by atoms with Crippen LogP contribution in [0.25, 0.3) is 0 Å². The van der Waals surface area contributed by atoms with E-state index in [1.807, 2.05) is 13.8 Å². The highest BCUT2D eigenvalue weighted by Gasteiger charge is 2.38. The lowest BCUT2D eigenvalue weighted by atomic mass is 9.95. The van der Waals surface area contributed by atoms with Crippen molar-refractivity contribution in [3.05, 3.63) is 0 Å². The SMILES string of the molecule is CCNC(C)(CN1CCOCC1(C)C)C(N)=O. The van der Waals surface area contributed by atoms with Gasteiger partial charge < -0.3 is 15.8 Å². The number of hydrogen-bond acceptors (Lipinski definition) is 4. The van der Waals surface area contributed by atoms with Crippen LogP contribution in [0.15, 0.2) is 0 Å². The molecule has 1 atom stereocenters. The molecule has 1 saturated heterocycles. The van der Waals surface area contributed by atoms with Crippen molar-refractivity contribution in [2.45, 2.75) is 38.8 Å². The molecular weight excluding hydrogens is 218 g/mol. The Hall–Kier alpha value is -0.650. The Labute approximate surface area is 104 Å². The molecule has 0 aliphatic carbocycles. The number of amides is 1. The van der Waals surface area contributed by atoms with Gasteiger partial charge in [0.2, 0.25) is 5.91 Å². The second-order valence-electron chi connectivity index (χ2n) is 5.51. The summed E-state index contributed by atoms with van der Waals surface area (Å²) < 4.78 is 5.47. The standard InChI is InChI=1S/C12H25N3O2/c1-5-14-12(4,10(13)16)8-15-6-7-17-9-11(15,2)3/h14H,5-9H2,1-4H3,(H2,13,16). The number of nitrogens with zero attached hydrogens (tertiary/aromatic N) is 1. The average molecular weight is 243 g/mol. The van der Waals surface area contributed by atoms with Crippen molar-refractivity contribution < 1.29 is 9.53 Å². The Kier molecular flexibility index (Phi) is 4.52. The molecular formula is C12H25N3O2. The van der Waals surface area contributed by atoms with Crippen LogP contribution in [0.1, 0.15) is 27.7 Å². The van der Waals surface area contributed by atoms with Gasteiger partial charge in [-0.2, -0.15) is 0 Å². The number of ether oxygens (including phenoxy) is 1. The second-order valence-corrected chi connectivity index (χ2v) is 5.51. The minimum atomic E-state index is -0.677. The van der Waals surface area contributed by atoms with E-state index >= 15 is 0 Å². The average Bonchev–Trinajstić information content (AvgIpc) is 2.21. The second kappa shape index (κ2) is 5.33. The molecule has 1 unspecified atom stereocenters. The fraction of sp³-hybridized carbons (Fsp3) is 0.917. The quantitative estimate of drug-likeness (QED) is 0.710. The highest BCUT2D eigenvalue weighted by molar-refractivity contribution is 5.84. The van der Waals surface area contributed by atoms with Crippen LogP contribution in [-0.2, 0) is 9.53 Å². The Morgan fingerprint density at radius 2 is 2.24 bits per heavy atom. The number of carbonyl (C=O) groups is 1. The monoisotopic (exact) mass is 243 g/mol. The van der Waals surface area contributed by atoms with Crippen molar-refractivity contribution in [1.29, 1.82) is 0 Å². The van der Waals surface area contributed by atoms with E-state index < -0.39 is 5.54 Å². The molecule has 0 radical (unpaired) electrons. The predicted octanol–water partition coefficient (Wildman–Crippen LogP) is -0.0493. The third-order valence-electron chi connectivity index (χ3n) is 3.43. The Morgan fingerprint density at radius 1 is 1.59 bits per heavy atom. The molecule has 1 rings (SSSR count). The molecule has 5 nitrogen and oxygen atoms in total. The maximum absolute atomic E-state index is 11.6. The molecule has 5 heteroatoms. The van der Waals surface area contributed by atoms with Crippen molar-refractivity contribution in [2.24, 2.45) is 5.73 Å². The summed E-state index contributed by atoms with van der Waals surface area (Å²) >= 11 is 0. The third-order valence-corrected chi connectivity index (χ3v) is 3.43. The first-order valence-electron chi connectivity index (χ1n) is 6.19. The van der Waals surface area contributed by atoms with Crippen LogP contribution in [0.4, 0.5) is 0 Å². The lowest BCUT2D eigenvalue weighted by Gasteiger charge is -2.45. The summed E-state index contributed by atoms with van der Waals surface area (Å²) in [4.78, 5) is 13.9. The Bertz CT molecular complexity index is 281. The van der Waals surface area contributed by atoms with Crippen molar-refractivity contribution in [3.8, 4) is 0 Å². The highest BCUT2D eigenvalue weighted by Crippen LogP contribution is 2.21. The zero-order valence-corrected chi connectivity index (χ0v) is 11.4. The first-order chi connectivity index (χ1) is 7.82. The van der Waals surface area contributed by atoms with E-state index in [2.05, 4.69) is 24.1 Å². The van der Waals surface area contributed by atoms with Crippen LogP contribution in [0.2, 0.25) is 0 Å². The fourth-order valence-corrected chi connectivity index (χ4v) is 2.18. The normalized spacial score (nSPS) is 24.2. The summed E-state index contributed by atoms with van der Waals surface area (Å²) in [5.41, 5.74) is 4.77. The molecule has 0 spiro atoms. The number of hydrogen-bond donors (Lipinski definition) is 2. The van der Waals surface area contributed by atoms with E-state index in [0.717, 1.165) is 13.1 Å². The fourth-order valence-electron chi connectivity index (χ4n) is 2.18. The van der Waals surface area contributed by atoms with Gasteiger partial charge in [-0.1, -0.05) is 6.92 Å². The lowest BCUT2D eigenvalue weighted by Crippen LogP contribution is -2.64. The van der Waals surface area contributed by atoms with Gasteiger partial charge in [-0.15, -0.1) is 0 Å². The topological polar surface area (TPSA) is 67.6 Å². The first kappa shape index (κ1) is 14.4. The zero-order valence-electron chi connectivity index (χ0n) is 11.4. The van der Waals surface area contributed by atoms with E-state index in [1.165, 1.54) is 0 Å². The predicted molar refractivity (Wildman–Crippen MR) is 67.7 cm³/mol. The lowest BCUT2D eigenvalue weighted by molar-refractivity contribution is -0.127. The number of likely N-dealkylation sites (N-methyl/N-ethyl adjacent to an activating group) is 1. The van der Waals surface area contributed by atoms with Gasteiger partial charge in [-0.05, 0) is 27.3 Å². The number of nitrogens with two attached hydrogens (primary N) is 1. The minimum Gasteiger partial charge on any atom is -0.378 e. The van der Waals surface area contributed by atoms with Gasteiger partial charge in [0.15, 0.2) is 0 Å². The summed E-state index contributed by atoms with van der Waals surface area (Å²) in [6.07, 6.45) is 0. The number of carbonyl (C=O) groups excluding carboxylic acids is 1. The molecule has 0 aromatic rings. The van der Waals surface area contributed by atoms with Crippen molar-refractivity contribution in [2.75, 3.05) is 32.8 Å². The van der Waals surface area contributed by atoms with Gasteiger partial charge in [0.1, 0.15) is 5.54 Å². The van der Waals surface area contributed by atoms with Crippen LogP contribution >= 0.6 is 0 Å². The summed E-state index contributed by atoms with van der Waals surface area (Å²) in [5, 5.41) is 3.19. The molecule has 3 N–H and O–H groups in total. The smallest absolute Gasteiger partial charge is 0.238 e. The van der Waals surface area contributed by atoms with Gasteiger partial charge in [0.25, 0.3) is 0 Å². The molecule has 1 amide bonds. The van der Waals surface area contributed by atoms with Crippen LogP contribution in [0.5, 0.6) is 0 Å². The first-order valence-corrected chi connectivity index (χ1v) is 6.19. The largest absolute Gasteiger partial charge is 0.378 e. The Morgan fingerprint density at radius 3 is 2.71 bits per heavy atom. The van der Waals surface area contributed by atoms with Crippen LogP contribution in [-0.4, -0.2) is 54.7 Å². The highest BCUT2D eigenvalue weighted by atomic mass is 16.5. The van der Waals surface area contributed by atoms with Gasteiger partial charge in [0.05, 0.1) is 13.2 Å². The van der Waals surface area contributed by atoms with E-state index in [4.69, 9.17) is 10.5 Å². The van der Waals surface area contributed by atoms with Gasteiger partial charge in [-0.3, -0.25) is 9.69 Å². The maximum Gasteiger partial charge on any atom is 0.238 e. The molecule has 1 aliphatic heterocycles. The molecule has 1 heterocycles. The third kappa shape index (κ3) is 3.40. The molecule has 1 aliphatic rings. The summed E-state index contributed by atoms with van der Waals surface area (Å²) in [6.45, 7) is 11.7. The van der Waals surface area contributed by atoms with E-state index in [9.17, 15) is 4.79 Å². The molecule has 0 aromatic carbocycles. The van der Waals surface area contributed by atoms with Crippen LogP contribution in [0.3, 0.4) is 0 Å². The zero-order chi connectivity index (χ0) is 13.1. The number of rotatable bonds is 5. The van der Waals surface area contributed by atoms with E-state index in [-0.39, 0.29) is 11.4 Å². The maximum atomic E-state index is 11.6. The molecule has 100 valence electrons. The number of nitrogens with one attached hydrogen (secondary N) is 1. The van der Waals surface area contributed by atoms with E-state index in [0.29, 0.717) is 19.8 Å². The molecule has 0 aromatic heterocycles.